The first-order chi connectivity index (χ1) is 8.97. The maximum atomic E-state index is 14.0. The standard InChI is InChI=1S/C14H9Cl2FO2/c15-10-4-9(5-11(16)7-10)14-8(6-13(18)19)2-1-3-12(14)17/h1-5,7H,6H2,(H,18,19). The summed E-state index contributed by atoms with van der Waals surface area (Å²) in [6, 6.07) is 8.96. The minimum Gasteiger partial charge on any atom is -0.481 e. The Labute approximate surface area is 119 Å². The largest absolute Gasteiger partial charge is 0.481 e. The number of aliphatic carboxylic acids is 1. The van der Waals surface area contributed by atoms with Crippen LogP contribution in [0.5, 0.6) is 0 Å². The van der Waals surface area contributed by atoms with Gasteiger partial charge in [0.25, 0.3) is 0 Å². The molecule has 0 aliphatic carbocycles. The van der Waals surface area contributed by atoms with Crippen LogP contribution in [0, 0.1) is 5.82 Å². The zero-order chi connectivity index (χ0) is 14.0. The molecule has 98 valence electrons. The molecule has 0 aliphatic rings. The van der Waals surface area contributed by atoms with Crippen molar-refractivity contribution in [2.24, 2.45) is 0 Å². The Morgan fingerprint density at radius 1 is 1.16 bits per heavy atom. The highest BCUT2D eigenvalue weighted by atomic mass is 35.5. The van der Waals surface area contributed by atoms with Gasteiger partial charge in [-0.3, -0.25) is 4.79 Å². The van der Waals surface area contributed by atoms with E-state index in [0.717, 1.165) is 0 Å². The first kappa shape index (κ1) is 13.8. The van der Waals surface area contributed by atoms with Crippen LogP contribution in [-0.4, -0.2) is 11.1 Å². The number of rotatable bonds is 3. The number of hydrogen-bond donors (Lipinski definition) is 1. The molecule has 0 fully saturated rings. The van der Waals surface area contributed by atoms with Gasteiger partial charge >= 0.3 is 5.97 Å². The summed E-state index contributed by atoms with van der Waals surface area (Å²) in [6.07, 6.45) is -0.267. The molecular weight excluding hydrogens is 290 g/mol. The average molecular weight is 299 g/mol. The van der Waals surface area contributed by atoms with E-state index in [4.69, 9.17) is 28.3 Å². The molecule has 2 nitrogen and oxygen atoms in total. The van der Waals surface area contributed by atoms with E-state index in [1.807, 2.05) is 0 Å². The van der Waals surface area contributed by atoms with E-state index >= 15 is 0 Å². The highest BCUT2D eigenvalue weighted by Gasteiger charge is 2.14. The third-order valence-electron chi connectivity index (χ3n) is 2.59. The first-order valence-corrected chi connectivity index (χ1v) is 6.18. The summed E-state index contributed by atoms with van der Waals surface area (Å²) in [4.78, 5) is 10.8. The highest BCUT2D eigenvalue weighted by Crippen LogP contribution is 2.31. The molecular formula is C14H9Cl2FO2. The number of benzene rings is 2. The topological polar surface area (TPSA) is 37.3 Å². The van der Waals surface area contributed by atoms with Crippen LogP contribution in [0.1, 0.15) is 5.56 Å². The van der Waals surface area contributed by atoms with Crippen molar-refractivity contribution < 1.29 is 14.3 Å². The molecule has 2 aromatic rings. The van der Waals surface area contributed by atoms with Crippen LogP contribution < -0.4 is 0 Å². The molecule has 5 heteroatoms. The van der Waals surface area contributed by atoms with E-state index in [-0.39, 0.29) is 12.0 Å². The average Bonchev–Trinajstić information content (AvgIpc) is 2.26. The van der Waals surface area contributed by atoms with E-state index in [1.165, 1.54) is 18.2 Å². The van der Waals surface area contributed by atoms with E-state index < -0.39 is 11.8 Å². The van der Waals surface area contributed by atoms with E-state index in [0.29, 0.717) is 21.2 Å². The number of carboxylic acid groups (broad SMARTS) is 1. The second-order valence-electron chi connectivity index (χ2n) is 4.00. The van der Waals surface area contributed by atoms with Crippen molar-refractivity contribution in [1.29, 1.82) is 0 Å². The highest BCUT2D eigenvalue weighted by molar-refractivity contribution is 6.35. The van der Waals surface area contributed by atoms with Crippen LogP contribution >= 0.6 is 23.2 Å². The predicted molar refractivity (Wildman–Crippen MR) is 73.2 cm³/mol. The number of carboxylic acids is 1. The summed E-state index contributed by atoms with van der Waals surface area (Å²) in [5.74, 6) is -1.53. The molecule has 0 unspecified atom stereocenters. The molecule has 0 atom stereocenters. The zero-order valence-electron chi connectivity index (χ0n) is 9.66. The van der Waals surface area contributed by atoms with Gasteiger partial charge in [0, 0.05) is 15.6 Å². The monoisotopic (exact) mass is 298 g/mol. The molecule has 0 aromatic heterocycles. The maximum Gasteiger partial charge on any atom is 0.307 e. The van der Waals surface area contributed by atoms with Gasteiger partial charge in [-0.15, -0.1) is 0 Å². The summed E-state index contributed by atoms with van der Waals surface area (Å²) >= 11 is 11.8. The molecule has 0 aliphatic heterocycles. The summed E-state index contributed by atoms with van der Waals surface area (Å²) in [6.45, 7) is 0. The first-order valence-electron chi connectivity index (χ1n) is 5.43. The Kier molecular flexibility index (Phi) is 4.08. The third-order valence-corrected chi connectivity index (χ3v) is 3.03. The van der Waals surface area contributed by atoms with Gasteiger partial charge in [-0.25, -0.2) is 4.39 Å². The Balaban J connectivity index is 2.62. The molecule has 0 spiro atoms. The fourth-order valence-corrected chi connectivity index (χ4v) is 2.43. The molecule has 0 saturated carbocycles. The maximum absolute atomic E-state index is 14.0. The van der Waals surface area contributed by atoms with Gasteiger partial charge in [-0.1, -0.05) is 35.3 Å². The van der Waals surface area contributed by atoms with Crippen molar-refractivity contribution in [3.05, 3.63) is 57.8 Å². The summed E-state index contributed by atoms with van der Waals surface area (Å²) < 4.78 is 14.0. The van der Waals surface area contributed by atoms with Gasteiger partial charge in [0.1, 0.15) is 5.82 Å². The van der Waals surface area contributed by atoms with E-state index in [2.05, 4.69) is 0 Å². The second kappa shape index (κ2) is 5.59. The lowest BCUT2D eigenvalue weighted by Crippen LogP contribution is -2.03. The lowest BCUT2D eigenvalue weighted by molar-refractivity contribution is -0.136. The quantitative estimate of drug-likeness (QED) is 0.910. The SMILES string of the molecule is O=C(O)Cc1cccc(F)c1-c1cc(Cl)cc(Cl)c1. The van der Waals surface area contributed by atoms with E-state index in [1.54, 1.807) is 18.2 Å². The summed E-state index contributed by atoms with van der Waals surface area (Å²) in [5.41, 5.74) is 1.06. The van der Waals surface area contributed by atoms with Crippen LogP contribution in [-0.2, 0) is 11.2 Å². The van der Waals surface area contributed by atoms with Crippen molar-refractivity contribution in [3.8, 4) is 11.1 Å². The molecule has 2 rings (SSSR count). The number of carbonyl (C=O) groups is 1. The fraction of sp³-hybridized carbons (Fsp3) is 0.0714. The predicted octanol–water partition coefficient (Wildman–Crippen LogP) is 4.43. The van der Waals surface area contributed by atoms with Crippen molar-refractivity contribution in [1.82, 2.24) is 0 Å². The molecule has 0 amide bonds. The van der Waals surface area contributed by atoms with Crippen molar-refractivity contribution >= 4 is 29.2 Å². The van der Waals surface area contributed by atoms with Gasteiger partial charge in [0.05, 0.1) is 6.42 Å². The van der Waals surface area contributed by atoms with Gasteiger partial charge in [0.2, 0.25) is 0 Å². The van der Waals surface area contributed by atoms with Gasteiger partial charge in [0.15, 0.2) is 0 Å². The Bertz CT molecular complexity index is 621. The fourth-order valence-electron chi connectivity index (χ4n) is 1.90. The van der Waals surface area contributed by atoms with Crippen LogP contribution in [0.25, 0.3) is 11.1 Å². The molecule has 2 aromatic carbocycles. The smallest absolute Gasteiger partial charge is 0.307 e. The van der Waals surface area contributed by atoms with Crippen molar-refractivity contribution in [2.45, 2.75) is 6.42 Å². The third kappa shape index (κ3) is 3.25. The minimum atomic E-state index is -1.03. The Hall–Kier alpha value is -1.58. The Morgan fingerprint density at radius 2 is 1.79 bits per heavy atom. The minimum absolute atomic E-state index is 0.217. The molecule has 0 radical (unpaired) electrons. The molecule has 0 saturated heterocycles. The Morgan fingerprint density at radius 3 is 2.37 bits per heavy atom. The lowest BCUT2D eigenvalue weighted by Gasteiger charge is -2.10. The molecule has 19 heavy (non-hydrogen) atoms. The summed E-state index contributed by atoms with van der Waals surface area (Å²) in [5, 5.41) is 9.60. The van der Waals surface area contributed by atoms with E-state index in [9.17, 15) is 9.18 Å². The second-order valence-corrected chi connectivity index (χ2v) is 4.88. The van der Waals surface area contributed by atoms with Gasteiger partial charge < -0.3 is 5.11 Å². The molecule has 1 N–H and O–H groups in total. The molecule has 0 heterocycles. The van der Waals surface area contributed by atoms with Crippen LogP contribution in [0.15, 0.2) is 36.4 Å². The van der Waals surface area contributed by atoms with Gasteiger partial charge in [-0.05, 0) is 35.4 Å². The molecule has 0 bridgehead atoms. The lowest BCUT2D eigenvalue weighted by atomic mass is 9.97. The van der Waals surface area contributed by atoms with Crippen LogP contribution in [0.4, 0.5) is 4.39 Å². The normalized spacial score (nSPS) is 10.5. The summed E-state index contributed by atoms with van der Waals surface area (Å²) in [7, 11) is 0. The number of halogens is 3. The van der Waals surface area contributed by atoms with Gasteiger partial charge in [-0.2, -0.15) is 0 Å². The number of hydrogen-bond acceptors (Lipinski definition) is 1. The van der Waals surface area contributed by atoms with Crippen LogP contribution in [0.3, 0.4) is 0 Å². The zero-order valence-corrected chi connectivity index (χ0v) is 11.2. The van der Waals surface area contributed by atoms with Crippen molar-refractivity contribution in [2.75, 3.05) is 0 Å². The van der Waals surface area contributed by atoms with Crippen molar-refractivity contribution in [3.63, 3.8) is 0 Å². The van der Waals surface area contributed by atoms with Crippen LogP contribution in [0.2, 0.25) is 10.0 Å².